The molecule has 0 aliphatic carbocycles. The van der Waals surface area contributed by atoms with Crippen LogP contribution in [0.1, 0.15) is 59.4 Å². The highest BCUT2D eigenvalue weighted by Gasteiger charge is 2.21. The van der Waals surface area contributed by atoms with Crippen molar-refractivity contribution in [2.75, 3.05) is 5.32 Å². The van der Waals surface area contributed by atoms with E-state index in [1.165, 1.54) is 0 Å². The van der Waals surface area contributed by atoms with E-state index in [2.05, 4.69) is 15.8 Å². The number of rotatable bonds is 6. The monoisotopic (exact) mass is 329 g/mol. The van der Waals surface area contributed by atoms with Crippen LogP contribution in [0.5, 0.6) is 0 Å². The summed E-state index contributed by atoms with van der Waals surface area (Å²) in [5, 5.41) is 9.60. The summed E-state index contributed by atoms with van der Waals surface area (Å²) in [6, 6.07) is 7.00. The number of carbonyl (C=O) groups is 2. The van der Waals surface area contributed by atoms with Gasteiger partial charge in [-0.1, -0.05) is 31.1 Å². The molecule has 1 aromatic heterocycles. The molecule has 2 rings (SSSR count). The molecule has 0 saturated carbocycles. The molecular weight excluding hydrogens is 306 g/mol. The number of para-hydroxylation sites is 1. The maximum atomic E-state index is 12.6. The van der Waals surface area contributed by atoms with Crippen LogP contribution in [0.4, 0.5) is 5.69 Å². The number of aromatic nitrogens is 1. The third-order valence-electron chi connectivity index (χ3n) is 3.91. The molecule has 1 unspecified atom stereocenters. The summed E-state index contributed by atoms with van der Waals surface area (Å²) in [7, 11) is 0. The van der Waals surface area contributed by atoms with Crippen LogP contribution < -0.4 is 10.6 Å². The molecule has 2 N–H and O–H groups in total. The average Bonchev–Trinajstić information content (AvgIpc) is 2.95. The number of hydrogen-bond acceptors (Lipinski definition) is 4. The van der Waals surface area contributed by atoms with Gasteiger partial charge in [-0.15, -0.1) is 0 Å². The van der Waals surface area contributed by atoms with E-state index in [1.807, 2.05) is 20.8 Å². The SMILES string of the molecule is CCc1noc(C)c1C(=O)Nc1ccccc1C(=O)NC(C)CC. The Morgan fingerprint density at radius 3 is 2.58 bits per heavy atom. The highest BCUT2D eigenvalue weighted by atomic mass is 16.5. The summed E-state index contributed by atoms with van der Waals surface area (Å²) in [6.45, 7) is 7.54. The van der Waals surface area contributed by atoms with E-state index >= 15 is 0 Å². The summed E-state index contributed by atoms with van der Waals surface area (Å²) in [5.74, 6) is -0.0710. The lowest BCUT2D eigenvalue weighted by atomic mass is 10.1. The predicted octanol–water partition coefficient (Wildman–Crippen LogP) is 3.33. The molecular formula is C18H23N3O3. The van der Waals surface area contributed by atoms with Crippen LogP contribution in [0.15, 0.2) is 28.8 Å². The topological polar surface area (TPSA) is 84.2 Å². The van der Waals surface area contributed by atoms with Gasteiger partial charge in [-0.2, -0.15) is 0 Å². The van der Waals surface area contributed by atoms with E-state index in [-0.39, 0.29) is 17.9 Å². The van der Waals surface area contributed by atoms with Crippen molar-refractivity contribution < 1.29 is 14.1 Å². The van der Waals surface area contributed by atoms with E-state index in [1.54, 1.807) is 31.2 Å². The molecule has 2 aromatic rings. The standard InChI is InChI=1S/C18H23N3O3/c1-5-11(3)19-17(22)13-9-7-8-10-15(13)20-18(23)16-12(4)24-21-14(16)6-2/h7-11H,5-6H2,1-4H3,(H,19,22)(H,20,23). The minimum Gasteiger partial charge on any atom is -0.361 e. The Bertz CT molecular complexity index is 737. The number of nitrogens with zero attached hydrogens (tertiary/aromatic N) is 1. The summed E-state index contributed by atoms with van der Waals surface area (Å²) in [5.41, 5.74) is 1.92. The fraction of sp³-hybridized carbons (Fsp3) is 0.389. The van der Waals surface area contributed by atoms with Gasteiger partial charge >= 0.3 is 0 Å². The molecule has 1 aromatic carbocycles. The van der Waals surface area contributed by atoms with Crippen molar-refractivity contribution in [3.63, 3.8) is 0 Å². The molecule has 0 aliphatic rings. The minimum atomic E-state index is -0.325. The maximum Gasteiger partial charge on any atom is 0.261 e. The Balaban J connectivity index is 2.25. The highest BCUT2D eigenvalue weighted by molar-refractivity contribution is 6.09. The Kier molecular flexibility index (Phi) is 5.73. The van der Waals surface area contributed by atoms with E-state index in [0.717, 1.165) is 6.42 Å². The second-order valence-electron chi connectivity index (χ2n) is 5.70. The first kappa shape index (κ1) is 17.7. The smallest absolute Gasteiger partial charge is 0.261 e. The second kappa shape index (κ2) is 7.77. The van der Waals surface area contributed by atoms with Gasteiger partial charge in [-0.3, -0.25) is 9.59 Å². The number of amides is 2. The number of hydrogen-bond donors (Lipinski definition) is 2. The number of nitrogens with one attached hydrogen (secondary N) is 2. The largest absolute Gasteiger partial charge is 0.361 e. The molecule has 0 fully saturated rings. The average molecular weight is 329 g/mol. The Hall–Kier alpha value is -2.63. The molecule has 24 heavy (non-hydrogen) atoms. The maximum absolute atomic E-state index is 12.6. The van der Waals surface area contributed by atoms with Gasteiger partial charge in [0.15, 0.2) is 0 Å². The fourth-order valence-electron chi connectivity index (χ4n) is 2.33. The third-order valence-corrected chi connectivity index (χ3v) is 3.91. The third kappa shape index (κ3) is 3.82. The lowest BCUT2D eigenvalue weighted by Crippen LogP contribution is -2.32. The number of carbonyl (C=O) groups excluding carboxylic acids is 2. The van der Waals surface area contributed by atoms with Gasteiger partial charge in [0.25, 0.3) is 11.8 Å². The van der Waals surface area contributed by atoms with Crippen molar-refractivity contribution in [2.45, 2.75) is 46.6 Å². The van der Waals surface area contributed by atoms with Crippen LogP contribution in [0.25, 0.3) is 0 Å². The Morgan fingerprint density at radius 2 is 1.92 bits per heavy atom. The molecule has 6 nitrogen and oxygen atoms in total. The molecule has 0 bridgehead atoms. The van der Waals surface area contributed by atoms with Crippen LogP contribution in [0.2, 0.25) is 0 Å². The van der Waals surface area contributed by atoms with Gasteiger partial charge in [-0.05, 0) is 38.8 Å². The van der Waals surface area contributed by atoms with Gasteiger partial charge < -0.3 is 15.2 Å². The first-order chi connectivity index (χ1) is 11.5. The molecule has 0 aliphatic heterocycles. The van der Waals surface area contributed by atoms with Gasteiger partial charge in [0.05, 0.1) is 16.9 Å². The van der Waals surface area contributed by atoms with Crippen molar-refractivity contribution in [3.8, 4) is 0 Å². The molecule has 0 saturated heterocycles. The molecule has 0 radical (unpaired) electrons. The van der Waals surface area contributed by atoms with Crippen molar-refractivity contribution in [3.05, 3.63) is 46.8 Å². The number of aryl methyl sites for hydroxylation is 2. The normalized spacial score (nSPS) is 11.8. The van der Waals surface area contributed by atoms with Crippen LogP contribution in [-0.4, -0.2) is 23.0 Å². The zero-order valence-corrected chi connectivity index (χ0v) is 14.5. The van der Waals surface area contributed by atoms with Crippen molar-refractivity contribution in [1.82, 2.24) is 10.5 Å². The number of benzene rings is 1. The van der Waals surface area contributed by atoms with Crippen LogP contribution in [-0.2, 0) is 6.42 Å². The molecule has 0 spiro atoms. The quantitative estimate of drug-likeness (QED) is 0.851. The van der Waals surface area contributed by atoms with Gasteiger partial charge in [0, 0.05) is 6.04 Å². The van der Waals surface area contributed by atoms with E-state index in [9.17, 15) is 9.59 Å². The molecule has 6 heteroatoms. The zero-order chi connectivity index (χ0) is 17.7. The van der Waals surface area contributed by atoms with E-state index in [0.29, 0.717) is 34.7 Å². The number of anilines is 1. The predicted molar refractivity (Wildman–Crippen MR) is 92.2 cm³/mol. The molecule has 128 valence electrons. The van der Waals surface area contributed by atoms with Crippen LogP contribution in [0.3, 0.4) is 0 Å². The molecule has 1 atom stereocenters. The van der Waals surface area contributed by atoms with Gasteiger partial charge in [-0.25, -0.2) is 0 Å². The lowest BCUT2D eigenvalue weighted by Gasteiger charge is -2.14. The Labute approximate surface area is 141 Å². The van der Waals surface area contributed by atoms with Crippen molar-refractivity contribution in [1.29, 1.82) is 0 Å². The highest BCUT2D eigenvalue weighted by Crippen LogP contribution is 2.20. The molecule has 2 amide bonds. The fourth-order valence-corrected chi connectivity index (χ4v) is 2.33. The lowest BCUT2D eigenvalue weighted by molar-refractivity contribution is 0.0940. The van der Waals surface area contributed by atoms with Crippen LogP contribution in [0, 0.1) is 6.92 Å². The van der Waals surface area contributed by atoms with Crippen LogP contribution >= 0.6 is 0 Å². The first-order valence-corrected chi connectivity index (χ1v) is 8.14. The first-order valence-electron chi connectivity index (χ1n) is 8.14. The van der Waals surface area contributed by atoms with Crippen molar-refractivity contribution in [2.24, 2.45) is 0 Å². The summed E-state index contributed by atoms with van der Waals surface area (Å²) in [6.07, 6.45) is 1.43. The molecule has 1 heterocycles. The summed E-state index contributed by atoms with van der Waals surface area (Å²) in [4.78, 5) is 25.0. The minimum absolute atomic E-state index is 0.0632. The van der Waals surface area contributed by atoms with E-state index in [4.69, 9.17) is 4.52 Å². The second-order valence-corrected chi connectivity index (χ2v) is 5.70. The Morgan fingerprint density at radius 1 is 1.21 bits per heavy atom. The van der Waals surface area contributed by atoms with E-state index < -0.39 is 0 Å². The summed E-state index contributed by atoms with van der Waals surface area (Å²) < 4.78 is 5.10. The summed E-state index contributed by atoms with van der Waals surface area (Å²) >= 11 is 0. The van der Waals surface area contributed by atoms with Gasteiger partial charge in [0.2, 0.25) is 0 Å². The van der Waals surface area contributed by atoms with Crippen molar-refractivity contribution >= 4 is 17.5 Å². The zero-order valence-electron chi connectivity index (χ0n) is 14.5. The van der Waals surface area contributed by atoms with Gasteiger partial charge in [0.1, 0.15) is 11.3 Å².